The van der Waals surface area contributed by atoms with Gasteiger partial charge >= 0.3 is 0 Å². The summed E-state index contributed by atoms with van der Waals surface area (Å²) in [6.45, 7) is 7.59. The zero-order chi connectivity index (χ0) is 15.6. The number of aryl methyl sites for hydroxylation is 1. The van der Waals surface area contributed by atoms with Crippen LogP contribution in [-0.4, -0.2) is 36.1 Å². The summed E-state index contributed by atoms with van der Waals surface area (Å²) < 4.78 is 1.27. The Labute approximate surface area is 141 Å². The van der Waals surface area contributed by atoms with Gasteiger partial charge in [-0.15, -0.1) is 11.3 Å². The summed E-state index contributed by atoms with van der Waals surface area (Å²) in [6.07, 6.45) is 0. The first-order valence-corrected chi connectivity index (χ1v) is 9.02. The molecule has 0 amide bonds. The molecule has 1 fully saturated rings. The Morgan fingerprint density at radius 2 is 1.78 bits per heavy atom. The minimum atomic E-state index is 1.05. The summed E-state index contributed by atoms with van der Waals surface area (Å²) >= 11 is 1.71. The quantitative estimate of drug-likeness (QED) is 0.728. The number of hydrogen-bond donors (Lipinski definition) is 0. The molecule has 0 N–H and O–H groups in total. The zero-order valence-electron chi connectivity index (χ0n) is 13.4. The van der Waals surface area contributed by atoms with E-state index in [2.05, 4.69) is 64.2 Å². The fourth-order valence-electron chi connectivity index (χ4n) is 3.16. The van der Waals surface area contributed by atoms with Gasteiger partial charge in [0.25, 0.3) is 0 Å². The average molecular weight is 323 g/mol. The van der Waals surface area contributed by atoms with Crippen molar-refractivity contribution in [3.8, 4) is 0 Å². The molecule has 3 nitrogen and oxygen atoms in total. The molecule has 118 valence electrons. The van der Waals surface area contributed by atoms with Crippen molar-refractivity contribution in [3.05, 3.63) is 59.1 Å². The summed E-state index contributed by atoms with van der Waals surface area (Å²) in [7, 11) is 0. The Morgan fingerprint density at radius 1 is 1.00 bits per heavy atom. The first-order valence-electron chi connectivity index (χ1n) is 8.14. The number of thiazole rings is 1. The van der Waals surface area contributed by atoms with E-state index in [1.807, 2.05) is 5.51 Å². The van der Waals surface area contributed by atoms with Crippen LogP contribution in [0.2, 0.25) is 0 Å². The van der Waals surface area contributed by atoms with Gasteiger partial charge < -0.3 is 4.90 Å². The lowest BCUT2D eigenvalue weighted by Crippen LogP contribution is -2.45. The van der Waals surface area contributed by atoms with Gasteiger partial charge in [-0.05, 0) is 30.7 Å². The minimum absolute atomic E-state index is 1.05. The van der Waals surface area contributed by atoms with Gasteiger partial charge in [0, 0.05) is 38.4 Å². The second kappa shape index (κ2) is 6.30. The summed E-state index contributed by atoms with van der Waals surface area (Å²) in [6, 6.07) is 15.6. The third-order valence-electron chi connectivity index (χ3n) is 4.58. The van der Waals surface area contributed by atoms with Gasteiger partial charge in [-0.3, -0.25) is 4.90 Å². The van der Waals surface area contributed by atoms with Gasteiger partial charge in [-0.25, -0.2) is 4.98 Å². The molecule has 0 bridgehead atoms. The maximum Gasteiger partial charge on any atom is 0.0832 e. The maximum atomic E-state index is 4.43. The molecule has 0 spiro atoms. The van der Waals surface area contributed by atoms with Gasteiger partial charge in [-0.2, -0.15) is 0 Å². The standard InChI is InChI=1S/C19H21N3S/c1-15-2-4-16(5-3-15)13-21-8-10-22(11-9-21)17-6-7-19-18(12-17)20-14-23-19/h2-7,12,14H,8-11,13H2,1H3. The molecule has 2 aromatic carbocycles. The highest BCUT2D eigenvalue weighted by Gasteiger charge is 2.17. The van der Waals surface area contributed by atoms with Crippen LogP contribution < -0.4 is 4.90 Å². The van der Waals surface area contributed by atoms with E-state index in [-0.39, 0.29) is 0 Å². The van der Waals surface area contributed by atoms with Crippen LogP contribution in [0.15, 0.2) is 48.0 Å². The van der Waals surface area contributed by atoms with Gasteiger partial charge in [0.15, 0.2) is 0 Å². The van der Waals surface area contributed by atoms with Gasteiger partial charge in [-0.1, -0.05) is 29.8 Å². The van der Waals surface area contributed by atoms with E-state index in [0.717, 1.165) is 38.2 Å². The highest BCUT2D eigenvalue weighted by molar-refractivity contribution is 7.16. The number of fused-ring (bicyclic) bond motifs is 1. The topological polar surface area (TPSA) is 19.4 Å². The molecule has 1 aliphatic heterocycles. The first-order chi connectivity index (χ1) is 11.3. The predicted molar refractivity (Wildman–Crippen MR) is 98.3 cm³/mol. The Bertz CT molecular complexity index is 786. The lowest BCUT2D eigenvalue weighted by atomic mass is 10.1. The fraction of sp³-hybridized carbons (Fsp3) is 0.316. The second-order valence-electron chi connectivity index (χ2n) is 6.25. The van der Waals surface area contributed by atoms with E-state index in [9.17, 15) is 0 Å². The number of anilines is 1. The van der Waals surface area contributed by atoms with E-state index >= 15 is 0 Å². The molecule has 1 saturated heterocycles. The molecule has 0 atom stereocenters. The Hall–Kier alpha value is -1.91. The molecular weight excluding hydrogens is 302 g/mol. The van der Waals surface area contributed by atoms with Crippen LogP contribution in [-0.2, 0) is 6.54 Å². The summed E-state index contributed by atoms with van der Waals surface area (Å²) in [5.74, 6) is 0. The van der Waals surface area contributed by atoms with Crippen LogP contribution in [0, 0.1) is 6.92 Å². The largest absolute Gasteiger partial charge is 0.369 e. The molecule has 1 aliphatic rings. The molecular formula is C19H21N3S. The first kappa shape index (κ1) is 14.7. The van der Waals surface area contributed by atoms with E-state index in [1.54, 1.807) is 11.3 Å². The molecule has 0 radical (unpaired) electrons. The molecule has 1 aromatic heterocycles. The predicted octanol–water partition coefficient (Wildman–Crippen LogP) is 3.93. The molecule has 0 aliphatic carbocycles. The number of piperazine rings is 1. The second-order valence-corrected chi connectivity index (χ2v) is 7.14. The van der Waals surface area contributed by atoms with Crippen LogP contribution >= 0.6 is 11.3 Å². The maximum absolute atomic E-state index is 4.43. The number of nitrogens with zero attached hydrogens (tertiary/aromatic N) is 3. The average Bonchev–Trinajstić information content (AvgIpc) is 3.05. The van der Waals surface area contributed by atoms with Crippen molar-refractivity contribution in [1.82, 2.24) is 9.88 Å². The minimum Gasteiger partial charge on any atom is -0.369 e. The Morgan fingerprint density at radius 3 is 2.57 bits per heavy atom. The number of aromatic nitrogens is 1. The number of rotatable bonds is 3. The van der Waals surface area contributed by atoms with E-state index < -0.39 is 0 Å². The van der Waals surface area contributed by atoms with Crippen molar-refractivity contribution >= 4 is 27.2 Å². The molecule has 0 unspecified atom stereocenters. The van der Waals surface area contributed by atoms with Crippen LogP contribution in [0.5, 0.6) is 0 Å². The van der Waals surface area contributed by atoms with Gasteiger partial charge in [0.05, 0.1) is 15.7 Å². The Balaban J connectivity index is 1.39. The molecule has 0 saturated carbocycles. The van der Waals surface area contributed by atoms with E-state index in [1.165, 1.54) is 21.5 Å². The van der Waals surface area contributed by atoms with Crippen molar-refractivity contribution in [1.29, 1.82) is 0 Å². The molecule has 4 heteroatoms. The lowest BCUT2D eigenvalue weighted by molar-refractivity contribution is 0.250. The van der Waals surface area contributed by atoms with Crippen molar-refractivity contribution in [3.63, 3.8) is 0 Å². The SMILES string of the molecule is Cc1ccc(CN2CCN(c3ccc4scnc4c3)CC2)cc1. The molecule has 4 rings (SSSR count). The molecule has 2 heterocycles. The Kier molecular flexibility index (Phi) is 4.02. The van der Waals surface area contributed by atoms with Crippen LogP contribution in [0.4, 0.5) is 5.69 Å². The fourth-order valence-corrected chi connectivity index (χ4v) is 3.82. The van der Waals surface area contributed by atoms with E-state index in [4.69, 9.17) is 0 Å². The summed E-state index contributed by atoms with van der Waals surface area (Å²) in [5.41, 5.74) is 7.09. The smallest absolute Gasteiger partial charge is 0.0832 e. The third kappa shape index (κ3) is 3.23. The normalized spacial score (nSPS) is 16.1. The third-order valence-corrected chi connectivity index (χ3v) is 5.39. The number of benzene rings is 2. The molecule has 23 heavy (non-hydrogen) atoms. The van der Waals surface area contributed by atoms with Crippen LogP contribution in [0.25, 0.3) is 10.2 Å². The van der Waals surface area contributed by atoms with Crippen LogP contribution in [0.3, 0.4) is 0 Å². The number of hydrogen-bond acceptors (Lipinski definition) is 4. The van der Waals surface area contributed by atoms with Crippen molar-refractivity contribution < 1.29 is 0 Å². The van der Waals surface area contributed by atoms with Crippen molar-refractivity contribution in [2.75, 3.05) is 31.1 Å². The molecule has 3 aromatic rings. The van der Waals surface area contributed by atoms with Crippen molar-refractivity contribution in [2.24, 2.45) is 0 Å². The van der Waals surface area contributed by atoms with E-state index in [0.29, 0.717) is 0 Å². The monoisotopic (exact) mass is 323 g/mol. The summed E-state index contributed by atoms with van der Waals surface area (Å²) in [4.78, 5) is 9.45. The highest BCUT2D eigenvalue weighted by Crippen LogP contribution is 2.25. The highest BCUT2D eigenvalue weighted by atomic mass is 32.1. The summed E-state index contributed by atoms with van der Waals surface area (Å²) in [5, 5.41) is 0. The van der Waals surface area contributed by atoms with Gasteiger partial charge in [0.1, 0.15) is 0 Å². The van der Waals surface area contributed by atoms with Crippen molar-refractivity contribution in [2.45, 2.75) is 13.5 Å². The van der Waals surface area contributed by atoms with Crippen LogP contribution in [0.1, 0.15) is 11.1 Å². The van der Waals surface area contributed by atoms with Gasteiger partial charge in [0.2, 0.25) is 0 Å². The lowest BCUT2D eigenvalue weighted by Gasteiger charge is -2.36. The zero-order valence-corrected chi connectivity index (χ0v) is 14.2.